The Balaban J connectivity index is 2.17. The van der Waals surface area contributed by atoms with Crippen molar-refractivity contribution < 1.29 is 23.9 Å². The number of nitrogens with one attached hydrogen (secondary N) is 3. The van der Waals surface area contributed by atoms with Gasteiger partial charge in [-0.3, -0.25) is 19.4 Å². The molecule has 2 unspecified atom stereocenters. The molecule has 0 saturated heterocycles. The van der Waals surface area contributed by atoms with Crippen molar-refractivity contribution in [2.75, 3.05) is 13.2 Å². The van der Waals surface area contributed by atoms with Gasteiger partial charge in [-0.1, -0.05) is 40.7 Å². The molecule has 1 aromatic heterocycles. The highest BCUT2D eigenvalue weighted by Crippen LogP contribution is 2.14. The van der Waals surface area contributed by atoms with E-state index in [-0.39, 0.29) is 24.4 Å². The topological polar surface area (TPSA) is 126 Å². The minimum atomic E-state index is -1.08. The van der Waals surface area contributed by atoms with Crippen LogP contribution in [0.15, 0.2) is 18.5 Å². The van der Waals surface area contributed by atoms with E-state index < -0.39 is 35.8 Å². The van der Waals surface area contributed by atoms with Gasteiger partial charge < -0.3 is 20.7 Å². The number of ether oxygens (including phenoxy) is 1. The van der Waals surface area contributed by atoms with Crippen LogP contribution in [0.25, 0.3) is 0 Å². The van der Waals surface area contributed by atoms with Crippen molar-refractivity contribution in [2.24, 2.45) is 11.3 Å². The van der Waals surface area contributed by atoms with Crippen LogP contribution in [-0.4, -0.2) is 53.9 Å². The molecule has 0 spiro atoms. The number of carbonyl (C=O) groups excluding carboxylic acids is 4. The van der Waals surface area contributed by atoms with Crippen LogP contribution in [0.4, 0.5) is 4.79 Å². The van der Waals surface area contributed by atoms with E-state index in [4.69, 9.17) is 4.74 Å². The Morgan fingerprint density at radius 2 is 1.88 bits per heavy atom. The van der Waals surface area contributed by atoms with Gasteiger partial charge in [-0.25, -0.2) is 4.79 Å². The molecule has 0 aliphatic carbocycles. The van der Waals surface area contributed by atoms with E-state index in [2.05, 4.69) is 20.9 Å². The molecule has 1 aliphatic heterocycles. The summed E-state index contributed by atoms with van der Waals surface area (Å²) >= 11 is 0. The molecule has 1 aromatic rings. The predicted molar refractivity (Wildman–Crippen MR) is 123 cm³/mol. The van der Waals surface area contributed by atoms with Crippen LogP contribution in [0.5, 0.6) is 0 Å². The lowest BCUT2D eigenvalue weighted by atomic mass is 9.98. The summed E-state index contributed by atoms with van der Waals surface area (Å²) in [5.74, 6) is -2.29. The van der Waals surface area contributed by atoms with Gasteiger partial charge in [-0.05, 0) is 41.7 Å². The largest absolute Gasteiger partial charge is 0.449 e. The third-order valence-corrected chi connectivity index (χ3v) is 5.18. The lowest BCUT2D eigenvalue weighted by Crippen LogP contribution is -2.56. The Bertz CT molecular complexity index is 863. The Morgan fingerprint density at radius 3 is 2.55 bits per heavy atom. The molecular formula is C24H36N4O5. The molecule has 3 N–H and O–H groups in total. The summed E-state index contributed by atoms with van der Waals surface area (Å²) < 4.78 is 5.22. The van der Waals surface area contributed by atoms with Crippen LogP contribution >= 0.6 is 0 Å². The molecule has 2 heterocycles. The molecule has 33 heavy (non-hydrogen) atoms. The van der Waals surface area contributed by atoms with E-state index in [0.717, 1.165) is 30.4 Å². The van der Waals surface area contributed by atoms with E-state index in [9.17, 15) is 19.2 Å². The molecule has 9 nitrogen and oxygen atoms in total. The molecule has 2 bridgehead atoms. The second-order valence-corrected chi connectivity index (χ2v) is 10.0. The number of aromatic nitrogens is 1. The van der Waals surface area contributed by atoms with Crippen LogP contribution in [0.2, 0.25) is 0 Å². The van der Waals surface area contributed by atoms with Crippen LogP contribution in [0, 0.1) is 11.3 Å². The number of nitrogens with zero attached hydrogens (tertiary/aromatic N) is 1. The Morgan fingerprint density at radius 1 is 1.18 bits per heavy atom. The smallest absolute Gasteiger partial charge is 0.407 e. The van der Waals surface area contributed by atoms with Gasteiger partial charge in [0, 0.05) is 25.4 Å². The van der Waals surface area contributed by atoms with Crippen molar-refractivity contribution in [3.63, 3.8) is 0 Å². The average Bonchev–Trinajstić information content (AvgIpc) is 2.73. The van der Waals surface area contributed by atoms with Crippen molar-refractivity contribution in [3.05, 3.63) is 29.6 Å². The summed E-state index contributed by atoms with van der Waals surface area (Å²) in [5.41, 5.74) is 1.57. The summed E-state index contributed by atoms with van der Waals surface area (Å²) in [6.07, 6.45) is 5.24. The summed E-state index contributed by atoms with van der Waals surface area (Å²) in [4.78, 5) is 54.8. The number of amides is 3. The fraction of sp³-hybridized carbons (Fsp3) is 0.625. The van der Waals surface area contributed by atoms with Crippen LogP contribution in [-0.2, 0) is 32.0 Å². The summed E-state index contributed by atoms with van der Waals surface area (Å²) in [7, 11) is 0. The van der Waals surface area contributed by atoms with Crippen molar-refractivity contribution in [3.8, 4) is 0 Å². The maximum Gasteiger partial charge on any atom is 0.407 e. The number of hydrogen-bond donors (Lipinski definition) is 3. The monoisotopic (exact) mass is 460 g/mol. The maximum atomic E-state index is 13.1. The van der Waals surface area contributed by atoms with Crippen molar-refractivity contribution in [1.29, 1.82) is 0 Å². The SMILES string of the molecule is CC(C)C(NC(=O)OCC(C)(C)C)C(=O)NC1Cc2cncc(c2)CCCCNC(=O)C1=O. The third kappa shape index (κ3) is 8.82. The molecule has 1 aliphatic rings. The predicted octanol–water partition coefficient (Wildman–Crippen LogP) is 1.93. The first-order valence-electron chi connectivity index (χ1n) is 11.4. The van der Waals surface area contributed by atoms with Gasteiger partial charge in [-0.2, -0.15) is 0 Å². The number of Topliss-reactive ketones (excluding diaryl/α,β-unsaturated/α-hetero) is 1. The van der Waals surface area contributed by atoms with Crippen LogP contribution < -0.4 is 16.0 Å². The number of fused-ring (bicyclic) bond motifs is 2. The highest BCUT2D eigenvalue weighted by atomic mass is 16.5. The van der Waals surface area contributed by atoms with Gasteiger partial charge in [0.2, 0.25) is 11.7 Å². The van der Waals surface area contributed by atoms with E-state index in [1.54, 1.807) is 26.2 Å². The third-order valence-electron chi connectivity index (χ3n) is 5.18. The number of rotatable bonds is 5. The zero-order valence-electron chi connectivity index (χ0n) is 20.2. The van der Waals surface area contributed by atoms with Crippen molar-refractivity contribution >= 4 is 23.7 Å². The molecule has 0 radical (unpaired) electrons. The van der Waals surface area contributed by atoms with Gasteiger partial charge in [0.15, 0.2) is 0 Å². The summed E-state index contributed by atoms with van der Waals surface area (Å²) in [6, 6.07) is -0.0668. The Kier molecular flexibility index (Phi) is 9.37. The van der Waals surface area contributed by atoms with E-state index in [1.807, 2.05) is 26.8 Å². The quantitative estimate of drug-likeness (QED) is 0.577. The molecule has 0 fully saturated rings. The summed E-state index contributed by atoms with van der Waals surface area (Å²) in [5, 5.41) is 7.89. The van der Waals surface area contributed by atoms with Gasteiger partial charge >= 0.3 is 6.09 Å². The van der Waals surface area contributed by atoms with Gasteiger partial charge in [0.05, 0.1) is 6.61 Å². The first kappa shape index (κ1) is 26.3. The van der Waals surface area contributed by atoms with E-state index >= 15 is 0 Å². The fourth-order valence-electron chi connectivity index (χ4n) is 3.38. The number of hydrogen-bond acceptors (Lipinski definition) is 6. The molecular weight excluding hydrogens is 424 g/mol. The van der Waals surface area contributed by atoms with Crippen LogP contribution in [0.3, 0.4) is 0 Å². The molecule has 0 saturated carbocycles. The maximum absolute atomic E-state index is 13.1. The first-order chi connectivity index (χ1) is 15.5. The second-order valence-electron chi connectivity index (χ2n) is 10.0. The number of aryl methyl sites for hydroxylation is 1. The number of pyridine rings is 1. The fourth-order valence-corrected chi connectivity index (χ4v) is 3.38. The standard InChI is InChI=1S/C24H36N4O5/c1-15(2)19(28-23(32)33-14-24(3,4)5)21(30)27-18-11-17-10-16(12-25-13-17)8-6-7-9-26-22(31)20(18)29/h10,12-13,15,18-19H,6-9,11,14H2,1-5H3,(H,26,31)(H,27,30)(H,28,32). The summed E-state index contributed by atoms with van der Waals surface area (Å²) in [6.45, 7) is 9.91. The Hall–Kier alpha value is -2.97. The lowest BCUT2D eigenvalue weighted by molar-refractivity contribution is -0.140. The lowest BCUT2D eigenvalue weighted by Gasteiger charge is -2.26. The van der Waals surface area contributed by atoms with Gasteiger partial charge in [0.25, 0.3) is 5.91 Å². The molecule has 182 valence electrons. The van der Waals surface area contributed by atoms with Crippen molar-refractivity contribution in [2.45, 2.75) is 72.4 Å². The molecule has 2 atom stereocenters. The van der Waals surface area contributed by atoms with Gasteiger partial charge in [-0.15, -0.1) is 0 Å². The average molecular weight is 461 g/mol. The highest BCUT2D eigenvalue weighted by molar-refractivity contribution is 6.38. The first-order valence-corrected chi connectivity index (χ1v) is 11.4. The highest BCUT2D eigenvalue weighted by Gasteiger charge is 2.32. The number of carbonyl (C=O) groups is 4. The molecule has 3 amide bonds. The number of ketones is 1. The zero-order chi connectivity index (χ0) is 24.6. The van der Waals surface area contributed by atoms with Crippen molar-refractivity contribution in [1.82, 2.24) is 20.9 Å². The number of alkyl carbamates (subject to hydrolysis) is 1. The molecule has 9 heteroatoms. The minimum absolute atomic E-state index is 0.123. The molecule has 2 rings (SSSR count). The van der Waals surface area contributed by atoms with Gasteiger partial charge in [0.1, 0.15) is 12.1 Å². The minimum Gasteiger partial charge on any atom is -0.449 e. The zero-order valence-corrected chi connectivity index (χ0v) is 20.2. The molecule has 0 aromatic carbocycles. The Labute approximate surface area is 195 Å². The van der Waals surface area contributed by atoms with Crippen LogP contribution in [0.1, 0.15) is 58.6 Å². The second kappa shape index (κ2) is 11.8. The van der Waals surface area contributed by atoms with E-state index in [0.29, 0.717) is 6.54 Å². The van der Waals surface area contributed by atoms with E-state index in [1.165, 1.54) is 0 Å². The normalized spacial score (nSPS) is 18.4.